The summed E-state index contributed by atoms with van der Waals surface area (Å²) >= 11 is 3.55. The molecule has 0 saturated heterocycles. The van der Waals surface area contributed by atoms with Crippen LogP contribution in [0, 0.1) is 6.92 Å². The zero-order valence-corrected chi connectivity index (χ0v) is 10.4. The average molecular weight is 268 g/mol. The molecule has 1 aromatic heterocycles. The first kappa shape index (κ1) is 10.6. The lowest BCUT2D eigenvalue weighted by atomic mass is 10.1. The van der Waals surface area contributed by atoms with E-state index in [0.717, 1.165) is 27.8 Å². The normalized spacial score (nSPS) is 13.3. The molecule has 0 spiro atoms. The summed E-state index contributed by atoms with van der Waals surface area (Å²) in [4.78, 5) is 7.60. The predicted octanol–water partition coefficient (Wildman–Crippen LogP) is 2.52. The van der Waals surface area contributed by atoms with Gasteiger partial charge < -0.3 is 10.7 Å². The second kappa shape index (κ2) is 3.94. The van der Waals surface area contributed by atoms with E-state index in [9.17, 15) is 0 Å². The number of aromatic nitrogens is 2. The predicted molar refractivity (Wildman–Crippen MR) is 65.9 cm³/mol. The first-order chi connectivity index (χ1) is 7.06. The van der Waals surface area contributed by atoms with Crippen LogP contribution in [-0.2, 0) is 6.42 Å². The van der Waals surface area contributed by atoms with Crippen LogP contribution in [0.2, 0.25) is 0 Å². The molecule has 0 bridgehead atoms. The Morgan fingerprint density at radius 3 is 2.93 bits per heavy atom. The molecule has 0 aliphatic carbocycles. The molecule has 3 N–H and O–H groups in total. The number of halogens is 1. The van der Waals surface area contributed by atoms with Gasteiger partial charge in [0.1, 0.15) is 5.82 Å². The highest BCUT2D eigenvalue weighted by molar-refractivity contribution is 9.10. The van der Waals surface area contributed by atoms with Crippen LogP contribution in [-0.4, -0.2) is 16.0 Å². The van der Waals surface area contributed by atoms with Gasteiger partial charge in [-0.2, -0.15) is 0 Å². The maximum atomic E-state index is 5.80. The van der Waals surface area contributed by atoms with Gasteiger partial charge in [0.2, 0.25) is 0 Å². The van der Waals surface area contributed by atoms with Gasteiger partial charge in [0.15, 0.2) is 0 Å². The highest BCUT2D eigenvalue weighted by Gasteiger charge is 2.07. The van der Waals surface area contributed by atoms with E-state index in [2.05, 4.69) is 32.0 Å². The van der Waals surface area contributed by atoms with Crippen molar-refractivity contribution in [2.24, 2.45) is 5.73 Å². The van der Waals surface area contributed by atoms with Crippen molar-refractivity contribution in [3.8, 4) is 0 Å². The third-order valence-electron chi connectivity index (χ3n) is 2.31. The van der Waals surface area contributed by atoms with Crippen molar-refractivity contribution in [3.05, 3.63) is 28.0 Å². The maximum Gasteiger partial charge on any atom is 0.104 e. The number of nitrogens with one attached hydrogen (secondary N) is 1. The summed E-state index contributed by atoms with van der Waals surface area (Å²) in [5.41, 5.74) is 9.09. The summed E-state index contributed by atoms with van der Waals surface area (Å²) < 4.78 is 1.08. The molecular weight excluding hydrogens is 254 g/mol. The third-order valence-corrected chi connectivity index (χ3v) is 3.05. The van der Waals surface area contributed by atoms with E-state index in [1.165, 1.54) is 5.56 Å². The van der Waals surface area contributed by atoms with E-state index >= 15 is 0 Å². The first-order valence-electron chi connectivity index (χ1n) is 4.96. The Hall–Kier alpha value is -0.870. The quantitative estimate of drug-likeness (QED) is 0.879. The van der Waals surface area contributed by atoms with E-state index in [4.69, 9.17) is 5.73 Å². The van der Waals surface area contributed by atoms with Gasteiger partial charge in [0.05, 0.1) is 11.0 Å². The number of fused-ring (bicyclic) bond motifs is 1. The number of nitrogens with two attached hydrogens (primary N) is 1. The van der Waals surface area contributed by atoms with Crippen molar-refractivity contribution in [2.45, 2.75) is 26.3 Å². The van der Waals surface area contributed by atoms with E-state index in [0.29, 0.717) is 0 Å². The lowest BCUT2D eigenvalue weighted by Crippen LogP contribution is -2.17. The molecule has 0 fully saturated rings. The van der Waals surface area contributed by atoms with Crippen molar-refractivity contribution < 1.29 is 0 Å². The number of hydrogen-bond acceptors (Lipinski definition) is 2. The number of nitrogens with zero attached hydrogens (tertiary/aromatic N) is 1. The van der Waals surface area contributed by atoms with Gasteiger partial charge in [0.25, 0.3) is 0 Å². The van der Waals surface area contributed by atoms with Crippen molar-refractivity contribution in [1.29, 1.82) is 0 Å². The Morgan fingerprint density at radius 2 is 2.27 bits per heavy atom. The Morgan fingerprint density at radius 1 is 1.53 bits per heavy atom. The molecular formula is C11H14BrN3. The molecule has 1 aromatic carbocycles. The highest BCUT2D eigenvalue weighted by Crippen LogP contribution is 2.24. The average Bonchev–Trinajstić information content (AvgIpc) is 2.44. The summed E-state index contributed by atoms with van der Waals surface area (Å²) in [5, 5.41) is 0. The summed E-state index contributed by atoms with van der Waals surface area (Å²) in [5.74, 6) is 0.940. The fourth-order valence-corrected chi connectivity index (χ4v) is 2.20. The zero-order valence-electron chi connectivity index (χ0n) is 8.84. The Labute approximate surface area is 97.2 Å². The van der Waals surface area contributed by atoms with Crippen LogP contribution < -0.4 is 5.73 Å². The van der Waals surface area contributed by atoms with Gasteiger partial charge >= 0.3 is 0 Å². The van der Waals surface area contributed by atoms with Crippen LogP contribution in [0.5, 0.6) is 0 Å². The second-order valence-electron chi connectivity index (χ2n) is 3.96. The van der Waals surface area contributed by atoms with Crippen molar-refractivity contribution in [2.75, 3.05) is 0 Å². The van der Waals surface area contributed by atoms with Gasteiger partial charge in [0, 0.05) is 10.5 Å². The van der Waals surface area contributed by atoms with E-state index in [1.807, 2.05) is 19.9 Å². The molecule has 0 aliphatic heterocycles. The monoisotopic (exact) mass is 267 g/mol. The molecule has 0 radical (unpaired) electrons. The fraction of sp³-hybridized carbons (Fsp3) is 0.364. The molecule has 1 unspecified atom stereocenters. The summed E-state index contributed by atoms with van der Waals surface area (Å²) in [6.45, 7) is 3.97. The molecule has 15 heavy (non-hydrogen) atoms. The van der Waals surface area contributed by atoms with Crippen LogP contribution in [0.15, 0.2) is 16.6 Å². The SMILES string of the molecule is Cc1nc2cc(Br)c(CC(C)N)cc2[nH]1. The minimum atomic E-state index is 0.169. The molecule has 2 aromatic rings. The third kappa shape index (κ3) is 2.21. The Balaban J connectivity index is 2.51. The standard InChI is InChI=1S/C11H14BrN3/c1-6(13)3-8-4-10-11(5-9(8)12)15-7(2)14-10/h4-6H,3,13H2,1-2H3,(H,14,15). The number of aryl methyl sites for hydroxylation is 1. The fourth-order valence-electron chi connectivity index (χ4n) is 1.71. The largest absolute Gasteiger partial charge is 0.342 e. The molecule has 0 aliphatic rings. The van der Waals surface area contributed by atoms with Crippen LogP contribution in [0.3, 0.4) is 0 Å². The van der Waals surface area contributed by atoms with Crippen LogP contribution >= 0.6 is 15.9 Å². The topological polar surface area (TPSA) is 54.7 Å². The molecule has 3 nitrogen and oxygen atoms in total. The van der Waals surface area contributed by atoms with Gasteiger partial charge in [-0.25, -0.2) is 4.98 Å². The van der Waals surface area contributed by atoms with Crippen molar-refractivity contribution in [1.82, 2.24) is 9.97 Å². The smallest absolute Gasteiger partial charge is 0.104 e. The van der Waals surface area contributed by atoms with E-state index < -0.39 is 0 Å². The summed E-state index contributed by atoms with van der Waals surface area (Å²) in [6, 6.07) is 4.32. The molecule has 0 amide bonds. The number of hydrogen-bond donors (Lipinski definition) is 2. The summed E-state index contributed by atoms with van der Waals surface area (Å²) in [7, 11) is 0. The van der Waals surface area contributed by atoms with Crippen LogP contribution in [0.4, 0.5) is 0 Å². The molecule has 2 rings (SSSR count). The number of aromatic amines is 1. The Kier molecular flexibility index (Phi) is 2.80. The first-order valence-corrected chi connectivity index (χ1v) is 5.76. The maximum absolute atomic E-state index is 5.80. The zero-order chi connectivity index (χ0) is 11.0. The van der Waals surface area contributed by atoms with E-state index in [-0.39, 0.29) is 6.04 Å². The van der Waals surface area contributed by atoms with Crippen molar-refractivity contribution >= 4 is 27.0 Å². The Bertz CT molecular complexity index is 488. The second-order valence-corrected chi connectivity index (χ2v) is 4.82. The van der Waals surface area contributed by atoms with Gasteiger partial charge in [-0.05, 0) is 38.0 Å². The van der Waals surface area contributed by atoms with Gasteiger partial charge in [-0.3, -0.25) is 0 Å². The lowest BCUT2D eigenvalue weighted by Gasteiger charge is -2.07. The van der Waals surface area contributed by atoms with Gasteiger partial charge in [-0.15, -0.1) is 0 Å². The minimum absolute atomic E-state index is 0.169. The summed E-state index contributed by atoms with van der Waals surface area (Å²) in [6.07, 6.45) is 0.870. The van der Waals surface area contributed by atoms with E-state index in [1.54, 1.807) is 0 Å². The number of benzene rings is 1. The lowest BCUT2D eigenvalue weighted by molar-refractivity contribution is 0.736. The van der Waals surface area contributed by atoms with Crippen LogP contribution in [0.1, 0.15) is 18.3 Å². The number of H-pyrrole nitrogens is 1. The number of imidazole rings is 1. The molecule has 1 heterocycles. The minimum Gasteiger partial charge on any atom is -0.342 e. The number of rotatable bonds is 2. The van der Waals surface area contributed by atoms with Crippen LogP contribution in [0.25, 0.3) is 11.0 Å². The van der Waals surface area contributed by atoms with Gasteiger partial charge in [-0.1, -0.05) is 15.9 Å². The molecule has 4 heteroatoms. The molecule has 80 valence electrons. The highest BCUT2D eigenvalue weighted by atomic mass is 79.9. The van der Waals surface area contributed by atoms with Crippen molar-refractivity contribution in [3.63, 3.8) is 0 Å². The molecule has 1 atom stereocenters. The molecule has 0 saturated carbocycles.